The van der Waals surface area contributed by atoms with Gasteiger partial charge in [0.2, 0.25) is 5.88 Å². The summed E-state index contributed by atoms with van der Waals surface area (Å²) in [6.07, 6.45) is 8.70. The number of nitrogens with zero attached hydrogens (tertiary/aromatic N) is 1. The first-order chi connectivity index (χ1) is 9.67. The Morgan fingerprint density at radius 2 is 2.25 bits per heavy atom. The Kier molecular flexibility index (Phi) is 7.36. The molecule has 3 nitrogen and oxygen atoms in total. The van der Waals surface area contributed by atoms with Crippen molar-refractivity contribution in [3.05, 3.63) is 60.3 Å². The third kappa shape index (κ3) is 5.85. The van der Waals surface area contributed by atoms with Crippen molar-refractivity contribution >= 4 is 0 Å². The van der Waals surface area contributed by atoms with Gasteiger partial charge in [-0.15, -0.1) is 0 Å². The molecule has 1 rings (SSSR count). The molecule has 0 unspecified atom stereocenters. The summed E-state index contributed by atoms with van der Waals surface area (Å²) in [5.74, 6) is 0.645. The molecule has 1 atom stereocenters. The van der Waals surface area contributed by atoms with Gasteiger partial charge >= 0.3 is 0 Å². The van der Waals surface area contributed by atoms with Gasteiger partial charge in [-0.2, -0.15) is 0 Å². The lowest BCUT2D eigenvalue weighted by Crippen LogP contribution is -2.24. The van der Waals surface area contributed by atoms with Crippen LogP contribution in [0.4, 0.5) is 0 Å². The Morgan fingerprint density at radius 1 is 1.45 bits per heavy atom. The van der Waals surface area contributed by atoms with Crippen molar-refractivity contribution in [2.45, 2.75) is 26.4 Å². The standard InChI is InChI=1S/C17H24N2O/c1-5-6-7-9-14(2)16(12-13-18-4)20-17-11-8-10-15(3)19-17/h5-11,16,18H,2,12-13H2,1,3-4H3/b6-5-,9-7-/t16-/m1/s1. The number of aromatic nitrogens is 1. The number of nitrogens with one attached hydrogen (secondary N) is 1. The zero-order chi connectivity index (χ0) is 14.8. The van der Waals surface area contributed by atoms with Crippen molar-refractivity contribution in [2.24, 2.45) is 0 Å². The summed E-state index contributed by atoms with van der Waals surface area (Å²) >= 11 is 0. The molecule has 20 heavy (non-hydrogen) atoms. The summed E-state index contributed by atoms with van der Waals surface area (Å²) in [7, 11) is 1.93. The van der Waals surface area contributed by atoms with Crippen molar-refractivity contribution < 1.29 is 4.74 Å². The van der Waals surface area contributed by atoms with Gasteiger partial charge in [-0.1, -0.05) is 36.9 Å². The van der Waals surface area contributed by atoms with E-state index in [2.05, 4.69) is 16.9 Å². The Morgan fingerprint density at radius 3 is 2.90 bits per heavy atom. The SMILES string of the molecule is C=C(/C=C\C=C/C)[C@@H](CCNC)Oc1cccc(C)n1. The predicted octanol–water partition coefficient (Wildman–Crippen LogP) is 3.44. The topological polar surface area (TPSA) is 34.1 Å². The zero-order valence-electron chi connectivity index (χ0n) is 12.6. The molecule has 0 amide bonds. The fourth-order valence-electron chi connectivity index (χ4n) is 1.72. The van der Waals surface area contributed by atoms with Crippen LogP contribution in [0.2, 0.25) is 0 Å². The van der Waals surface area contributed by atoms with Gasteiger partial charge in [0, 0.05) is 18.2 Å². The molecule has 108 valence electrons. The second-order valence-corrected chi connectivity index (χ2v) is 4.58. The number of hydrogen-bond acceptors (Lipinski definition) is 3. The van der Waals surface area contributed by atoms with Gasteiger partial charge in [0.25, 0.3) is 0 Å². The number of ether oxygens (including phenoxy) is 1. The van der Waals surface area contributed by atoms with E-state index in [1.165, 1.54) is 0 Å². The molecule has 0 bridgehead atoms. The lowest BCUT2D eigenvalue weighted by molar-refractivity contribution is 0.221. The lowest BCUT2D eigenvalue weighted by Gasteiger charge is -2.19. The lowest BCUT2D eigenvalue weighted by atomic mass is 10.1. The second kappa shape index (κ2) is 9.10. The number of allylic oxidation sites excluding steroid dienone is 3. The molecule has 1 aromatic heterocycles. The van der Waals surface area contributed by atoms with Crippen molar-refractivity contribution in [1.29, 1.82) is 0 Å². The molecule has 0 aliphatic heterocycles. The van der Waals surface area contributed by atoms with Gasteiger partial charge < -0.3 is 10.1 Å². The van der Waals surface area contributed by atoms with Crippen LogP contribution in [-0.2, 0) is 0 Å². The summed E-state index contributed by atoms with van der Waals surface area (Å²) in [6.45, 7) is 8.90. The first-order valence-corrected chi connectivity index (χ1v) is 6.90. The molecule has 0 saturated heterocycles. The third-order valence-corrected chi connectivity index (χ3v) is 2.81. The summed E-state index contributed by atoms with van der Waals surface area (Å²) in [4.78, 5) is 4.38. The highest BCUT2D eigenvalue weighted by atomic mass is 16.5. The number of aryl methyl sites for hydroxylation is 1. The molecule has 1 heterocycles. The van der Waals surface area contributed by atoms with Crippen LogP contribution in [0.1, 0.15) is 19.0 Å². The molecule has 0 aromatic carbocycles. The molecule has 1 aromatic rings. The third-order valence-electron chi connectivity index (χ3n) is 2.81. The van der Waals surface area contributed by atoms with E-state index in [4.69, 9.17) is 4.74 Å². The monoisotopic (exact) mass is 272 g/mol. The molecular weight excluding hydrogens is 248 g/mol. The number of rotatable bonds is 8. The van der Waals surface area contributed by atoms with E-state index in [-0.39, 0.29) is 6.10 Å². The minimum absolute atomic E-state index is 0.0711. The normalized spacial score (nSPS) is 12.9. The van der Waals surface area contributed by atoms with Crippen LogP contribution in [0.3, 0.4) is 0 Å². The Balaban J connectivity index is 2.75. The smallest absolute Gasteiger partial charge is 0.214 e. The van der Waals surface area contributed by atoms with Crippen molar-refractivity contribution in [2.75, 3.05) is 13.6 Å². The van der Waals surface area contributed by atoms with E-state index >= 15 is 0 Å². The maximum Gasteiger partial charge on any atom is 0.214 e. The van der Waals surface area contributed by atoms with E-state index in [1.54, 1.807) is 0 Å². The van der Waals surface area contributed by atoms with Crippen molar-refractivity contribution in [3.63, 3.8) is 0 Å². The van der Waals surface area contributed by atoms with E-state index in [1.807, 2.05) is 63.4 Å². The fourth-order valence-corrected chi connectivity index (χ4v) is 1.72. The first kappa shape index (κ1) is 16.2. The number of pyridine rings is 1. The summed E-state index contributed by atoms with van der Waals surface area (Å²) in [6, 6.07) is 5.78. The first-order valence-electron chi connectivity index (χ1n) is 6.90. The van der Waals surface area contributed by atoms with Crippen LogP contribution in [0.15, 0.2) is 54.7 Å². The van der Waals surface area contributed by atoms with Crippen LogP contribution in [0.5, 0.6) is 5.88 Å². The van der Waals surface area contributed by atoms with Gasteiger partial charge in [-0.25, -0.2) is 4.98 Å². The van der Waals surface area contributed by atoms with Crippen LogP contribution in [-0.4, -0.2) is 24.7 Å². The van der Waals surface area contributed by atoms with Crippen LogP contribution >= 0.6 is 0 Å². The highest BCUT2D eigenvalue weighted by Gasteiger charge is 2.13. The Hall–Kier alpha value is -1.87. The molecule has 0 aliphatic carbocycles. The Labute approximate surface area is 122 Å². The van der Waals surface area contributed by atoms with Crippen LogP contribution < -0.4 is 10.1 Å². The summed E-state index contributed by atoms with van der Waals surface area (Å²) in [5, 5.41) is 3.14. The largest absolute Gasteiger partial charge is 0.469 e. The molecule has 0 spiro atoms. The van der Waals surface area contributed by atoms with Gasteiger partial charge in [0.05, 0.1) is 0 Å². The summed E-state index contributed by atoms with van der Waals surface area (Å²) < 4.78 is 5.96. The Bertz CT molecular complexity index is 478. The minimum atomic E-state index is -0.0711. The molecule has 0 fully saturated rings. The van der Waals surface area contributed by atoms with Gasteiger partial charge in [-0.05, 0) is 39.1 Å². The molecule has 0 saturated carbocycles. The van der Waals surface area contributed by atoms with Crippen molar-refractivity contribution in [3.8, 4) is 5.88 Å². The van der Waals surface area contributed by atoms with Crippen LogP contribution in [0.25, 0.3) is 0 Å². The van der Waals surface area contributed by atoms with Gasteiger partial charge in [-0.3, -0.25) is 0 Å². The van der Waals surface area contributed by atoms with Crippen LogP contribution in [0, 0.1) is 6.92 Å². The van der Waals surface area contributed by atoms with Gasteiger partial charge in [0.15, 0.2) is 0 Å². The second-order valence-electron chi connectivity index (χ2n) is 4.58. The van der Waals surface area contributed by atoms with Gasteiger partial charge in [0.1, 0.15) is 6.10 Å². The van der Waals surface area contributed by atoms with Crippen molar-refractivity contribution in [1.82, 2.24) is 10.3 Å². The van der Waals surface area contributed by atoms with E-state index < -0.39 is 0 Å². The zero-order valence-corrected chi connectivity index (χ0v) is 12.6. The molecule has 0 aliphatic rings. The molecule has 1 N–H and O–H groups in total. The van der Waals surface area contributed by atoms with E-state index in [0.717, 1.165) is 24.2 Å². The quantitative estimate of drug-likeness (QED) is 0.736. The molecule has 0 radical (unpaired) electrons. The molecular formula is C17H24N2O. The van der Waals surface area contributed by atoms with E-state index in [9.17, 15) is 0 Å². The predicted molar refractivity (Wildman–Crippen MR) is 85.0 cm³/mol. The highest BCUT2D eigenvalue weighted by molar-refractivity contribution is 5.25. The average molecular weight is 272 g/mol. The van der Waals surface area contributed by atoms with E-state index in [0.29, 0.717) is 5.88 Å². The highest BCUT2D eigenvalue weighted by Crippen LogP contribution is 2.16. The summed E-state index contributed by atoms with van der Waals surface area (Å²) in [5.41, 5.74) is 1.89. The number of hydrogen-bond donors (Lipinski definition) is 1. The fraction of sp³-hybridized carbons (Fsp3) is 0.353. The average Bonchev–Trinajstić information content (AvgIpc) is 2.43. The minimum Gasteiger partial charge on any atom is -0.469 e. The maximum atomic E-state index is 5.96. The molecule has 3 heteroatoms. The maximum absolute atomic E-state index is 5.96.